The van der Waals surface area contributed by atoms with Crippen LogP contribution in [0.25, 0.3) is 0 Å². The first-order valence-electron chi connectivity index (χ1n) is 8.11. The van der Waals surface area contributed by atoms with Crippen LogP contribution in [0.4, 0.5) is 4.39 Å². The maximum absolute atomic E-state index is 12.9. The molecule has 0 aliphatic heterocycles. The van der Waals surface area contributed by atoms with Gasteiger partial charge >= 0.3 is 5.97 Å². The van der Waals surface area contributed by atoms with E-state index in [9.17, 15) is 14.0 Å². The maximum Gasteiger partial charge on any atom is 0.338 e. The van der Waals surface area contributed by atoms with Gasteiger partial charge in [0.2, 0.25) is 0 Å². The lowest BCUT2D eigenvalue weighted by Gasteiger charge is -2.07. The maximum atomic E-state index is 12.9. The fourth-order valence-corrected chi connectivity index (χ4v) is 2.85. The van der Waals surface area contributed by atoms with Gasteiger partial charge in [0.1, 0.15) is 18.2 Å². The molecule has 0 bridgehead atoms. The van der Waals surface area contributed by atoms with Crippen LogP contribution in [0.1, 0.15) is 31.4 Å². The first-order valence-corrected chi connectivity index (χ1v) is 8.99. The van der Waals surface area contributed by atoms with E-state index in [0.29, 0.717) is 17.9 Å². The number of thiazole rings is 1. The van der Waals surface area contributed by atoms with E-state index in [0.717, 1.165) is 10.7 Å². The Hall–Kier alpha value is -3.06. The zero-order chi connectivity index (χ0) is 19.2. The molecule has 0 N–H and O–H groups in total. The van der Waals surface area contributed by atoms with Gasteiger partial charge in [-0.15, -0.1) is 11.3 Å². The van der Waals surface area contributed by atoms with Crippen LogP contribution >= 0.6 is 11.3 Å². The Morgan fingerprint density at radius 1 is 1.04 bits per heavy atom. The van der Waals surface area contributed by atoms with Gasteiger partial charge in [0.15, 0.2) is 12.4 Å². The van der Waals surface area contributed by atoms with Crippen molar-refractivity contribution in [2.24, 2.45) is 0 Å². The molecular weight excluding hydrogens is 369 g/mol. The Labute approximate surface area is 159 Å². The molecule has 7 heteroatoms. The summed E-state index contributed by atoms with van der Waals surface area (Å²) >= 11 is 1.55. The van der Waals surface area contributed by atoms with Gasteiger partial charge in [0.05, 0.1) is 16.3 Å². The molecule has 0 spiro atoms. The van der Waals surface area contributed by atoms with Crippen LogP contribution in [0.15, 0.2) is 53.9 Å². The Bertz CT molecular complexity index is 935. The third-order valence-electron chi connectivity index (χ3n) is 3.64. The van der Waals surface area contributed by atoms with E-state index in [-0.39, 0.29) is 5.56 Å². The SMILES string of the molecule is Cc1nc(COc2ccc(C(=O)OCC(=O)c3ccc(F)cc3)cc2)cs1. The van der Waals surface area contributed by atoms with Crippen LogP contribution in [0, 0.1) is 12.7 Å². The van der Waals surface area contributed by atoms with Crippen LogP contribution in [0.2, 0.25) is 0 Å². The van der Waals surface area contributed by atoms with Crippen LogP contribution < -0.4 is 4.74 Å². The zero-order valence-electron chi connectivity index (χ0n) is 14.5. The second-order valence-corrected chi connectivity index (χ2v) is 6.74. The molecule has 0 aliphatic carbocycles. The monoisotopic (exact) mass is 385 g/mol. The van der Waals surface area contributed by atoms with E-state index < -0.39 is 24.2 Å². The summed E-state index contributed by atoms with van der Waals surface area (Å²) in [7, 11) is 0. The number of carbonyl (C=O) groups is 2. The molecule has 138 valence electrons. The molecule has 27 heavy (non-hydrogen) atoms. The van der Waals surface area contributed by atoms with Gasteiger partial charge in [-0.05, 0) is 55.5 Å². The summed E-state index contributed by atoms with van der Waals surface area (Å²) in [6, 6.07) is 11.5. The average molecular weight is 385 g/mol. The number of halogens is 1. The van der Waals surface area contributed by atoms with E-state index >= 15 is 0 Å². The van der Waals surface area contributed by atoms with Crippen LogP contribution in [-0.4, -0.2) is 23.3 Å². The number of Topliss-reactive ketones (excluding diaryl/α,β-unsaturated/α-hetero) is 1. The second kappa shape index (κ2) is 8.55. The highest BCUT2D eigenvalue weighted by Crippen LogP contribution is 2.16. The van der Waals surface area contributed by atoms with Gasteiger partial charge in [0, 0.05) is 10.9 Å². The molecule has 0 radical (unpaired) electrons. The van der Waals surface area contributed by atoms with Crippen molar-refractivity contribution in [3.63, 3.8) is 0 Å². The summed E-state index contributed by atoms with van der Waals surface area (Å²) in [5.41, 5.74) is 1.43. The number of ether oxygens (including phenoxy) is 2. The molecule has 5 nitrogen and oxygen atoms in total. The summed E-state index contributed by atoms with van der Waals surface area (Å²) in [5, 5.41) is 2.90. The van der Waals surface area contributed by atoms with E-state index in [4.69, 9.17) is 9.47 Å². The van der Waals surface area contributed by atoms with Crippen molar-refractivity contribution < 1.29 is 23.5 Å². The van der Waals surface area contributed by atoms with E-state index in [1.807, 2.05) is 12.3 Å². The number of aryl methyl sites for hydroxylation is 1. The number of rotatable bonds is 7. The van der Waals surface area contributed by atoms with Crippen LogP contribution in [0.3, 0.4) is 0 Å². The molecule has 3 aromatic rings. The van der Waals surface area contributed by atoms with Crippen molar-refractivity contribution in [1.82, 2.24) is 4.98 Å². The van der Waals surface area contributed by atoms with Gasteiger partial charge < -0.3 is 9.47 Å². The highest BCUT2D eigenvalue weighted by molar-refractivity contribution is 7.09. The standard InChI is InChI=1S/C20H16FNO4S/c1-13-22-17(12-27-13)10-25-18-8-4-15(5-9-18)20(24)26-11-19(23)14-2-6-16(21)7-3-14/h2-9,12H,10-11H2,1H3. The van der Waals surface area contributed by atoms with Crippen molar-refractivity contribution in [3.8, 4) is 5.75 Å². The summed E-state index contributed by atoms with van der Waals surface area (Å²) in [6.07, 6.45) is 0. The minimum atomic E-state index is -0.618. The molecule has 0 aliphatic rings. The number of hydrogen-bond donors (Lipinski definition) is 0. The van der Waals surface area contributed by atoms with Crippen molar-refractivity contribution in [2.75, 3.05) is 6.61 Å². The number of hydrogen-bond acceptors (Lipinski definition) is 6. The Morgan fingerprint density at radius 2 is 1.70 bits per heavy atom. The van der Waals surface area contributed by atoms with Gasteiger partial charge in [-0.1, -0.05) is 0 Å². The summed E-state index contributed by atoms with van der Waals surface area (Å²) in [5.74, 6) is -0.857. The number of carbonyl (C=O) groups excluding carboxylic acids is 2. The molecule has 0 saturated heterocycles. The molecule has 0 unspecified atom stereocenters. The zero-order valence-corrected chi connectivity index (χ0v) is 15.3. The van der Waals surface area contributed by atoms with Crippen LogP contribution in [-0.2, 0) is 11.3 Å². The molecule has 1 heterocycles. The van der Waals surface area contributed by atoms with E-state index in [2.05, 4.69) is 4.98 Å². The van der Waals surface area contributed by atoms with E-state index in [1.165, 1.54) is 24.3 Å². The predicted octanol–water partition coefficient (Wildman–Crippen LogP) is 4.21. The molecule has 3 rings (SSSR count). The number of ketones is 1. The topological polar surface area (TPSA) is 65.5 Å². The van der Waals surface area contributed by atoms with Gasteiger partial charge in [-0.2, -0.15) is 0 Å². The molecule has 0 saturated carbocycles. The van der Waals surface area contributed by atoms with Gasteiger partial charge in [0.25, 0.3) is 0 Å². The highest BCUT2D eigenvalue weighted by atomic mass is 32.1. The minimum Gasteiger partial charge on any atom is -0.487 e. The highest BCUT2D eigenvalue weighted by Gasteiger charge is 2.12. The Kier molecular flexibility index (Phi) is 5.93. The van der Waals surface area contributed by atoms with Gasteiger partial charge in [-0.25, -0.2) is 14.2 Å². The second-order valence-electron chi connectivity index (χ2n) is 5.68. The fourth-order valence-electron chi connectivity index (χ4n) is 2.25. The normalized spacial score (nSPS) is 10.4. The minimum absolute atomic E-state index is 0.283. The van der Waals surface area contributed by atoms with Crippen molar-refractivity contribution in [3.05, 3.63) is 81.6 Å². The Morgan fingerprint density at radius 3 is 2.33 bits per heavy atom. The number of nitrogens with zero attached hydrogens (tertiary/aromatic N) is 1. The molecular formula is C20H16FNO4S. The first-order chi connectivity index (χ1) is 13.0. The lowest BCUT2D eigenvalue weighted by atomic mass is 10.1. The summed E-state index contributed by atoms with van der Waals surface area (Å²) < 4.78 is 23.5. The molecule has 2 aromatic carbocycles. The number of aromatic nitrogens is 1. The Balaban J connectivity index is 1.51. The van der Waals surface area contributed by atoms with Crippen molar-refractivity contribution in [2.45, 2.75) is 13.5 Å². The fraction of sp³-hybridized carbons (Fsp3) is 0.150. The number of benzene rings is 2. The lowest BCUT2D eigenvalue weighted by molar-refractivity contribution is 0.0474. The predicted molar refractivity (Wildman–Crippen MR) is 98.6 cm³/mol. The smallest absolute Gasteiger partial charge is 0.338 e. The largest absolute Gasteiger partial charge is 0.487 e. The molecule has 0 amide bonds. The molecule has 0 atom stereocenters. The first kappa shape index (κ1) is 18.7. The quantitative estimate of drug-likeness (QED) is 0.450. The third-order valence-corrected chi connectivity index (χ3v) is 4.47. The summed E-state index contributed by atoms with van der Waals surface area (Å²) in [4.78, 5) is 28.3. The summed E-state index contributed by atoms with van der Waals surface area (Å²) in [6.45, 7) is 1.86. The molecule has 0 fully saturated rings. The van der Waals surface area contributed by atoms with Gasteiger partial charge in [-0.3, -0.25) is 4.79 Å². The van der Waals surface area contributed by atoms with Crippen molar-refractivity contribution in [1.29, 1.82) is 0 Å². The third kappa shape index (κ3) is 5.21. The lowest BCUT2D eigenvalue weighted by Crippen LogP contribution is -2.14. The van der Waals surface area contributed by atoms with E-state index in [1.54, 1.807) is 35.6 Å². The number of esters is 1. The van der Waals surface area contributed by atoms with Crippen molar-refractivity contribution >= 4 is 23.1 Å². The average Bonchev–Trinajstić information content (AvgIpc) is 3.10. The van der Waals surface area contributed by atoms with Crippen LogP contribution in [0.5, 0.6) is 5.75 Å². The molecule has 1 aromatic heterocycles.